The lowest BCUT2D eigenvalue weighted by Gasteiger charge is -2.23. The van der Waals surface area contributed by atoms with E-state index in [4.69, 9.17) is 0 Å². The predicted octanol–water partition coefficient (Wildman–Crippen LogP) is 2.07. The van der Waals surface area contributed by atoms with Gasteiger partial charge in [0.15, 0.2) is 0 Å². The van der Waals surface area contributed by atoms with Gasteiger partial charge in [0.05, 0.1) is 11.6 Å². The summed E-state index contributed by atoms with van der Waals surface area (Å²) in [5.74, 6) is 0.151. The van der Waals surface area contributed by atoms with Crippen molar-refractivity contribution in [2.45, 2.75) is 45.4 Å². The number of carbonyl (C=O) groups is 1. The van der Waals surface area contributed by atoms with Crippen LogP contribution in [0.25, 0.3) is 0 Å². The van der Waals surface area contributed by atoms with E-state index in [0.717, 1.165) is 13.0 Å². The van der Waals surface area contributed by atoms with Gasteiger partial charge in [0, 0.05) is 6.54 Å². The highest BCUT2D eigenvalue weighted by atomic mass is 32.2. The fraction of sp³-hybridized carbons (Fsp3) is 0.818. The van der Waals surface area contributed by atoms with Gasteiger partial charge in [-0.1, -0.05) is 39.5 Å². The van der Waals surface area contributed by atoms with Crippen molar-refractivity contribution in [1.82, 2.24) is 5.32 Å². The summed E-state index contributed by atoms with van der Waals surface area (Å²) in [4.78, 5) is 15.9. The van der Waals surface area contributed by atoms with Crippen LogP contribution in [-0.4, -0.2) is 29.3 Å². The Labute approximate surface area is 96.1 Å². The number of hydrogen-bond acceptors (Lipinski definition) is 3. The van der Waals surface area contributed by atoms with Gasteiger partial charge in [0.1, 0.15) is 5.25 Å². The molecule has 15 heavy (non-hydrogen) atoms. The summed E-state index contributed by atoms with van der Waals surface area (Å²) in [5, 5.41) is 3.00. The maximum atomic E-state index is 11.6. The highest BCUT2D eigenvalue weighted by molar-refractivity contribution is 8.13. The van der Waals surface area contributed by atoms with Gasteiger partial charge in [-0.15, -0.1) is 0 Å². The number of aliphatic imine (C=N–C) groups is 1. The average molecular weight is 228 g/mol. The van der Waals surface area contributed by atoms with Crippen LogP contribution in [-0.2, 0) is 4.79 Å². The Morgan fingerprint density at radius 3 is 2.87 bits per heavy atom. The van der Waals surface area contributed by atoms with Crippen LogP contribution >= 0.6 is 11.8 Å². The molecule has 4 heteroatoms. The smallest absolute Gasteiger partial charge is 0.235 e. The molecule has 2 atom stereocenters. The van der Waals surface area contributed by atoms with Gasteiger partial charge in [-0.3, -0.25) is 9.79 Å². The van der Waals surface area contributed by atoms with Gasteiger partial charge in [-0.25, -0.2) is 0 Å². The molecule has 1 fully saturated rings. The van der Waals surface area contributed by atoms with Crippen molar-refractivity contribution in [1.29, 1.82) is 0 Å². The van der Waals surface area contributed by atoms with Gasteiger partial charge in [-0.05, 0) is 11.8 Å². The zero-order valence-corrected chi connectivity index (χ0v) is 10.7. The first-order chi connectivity index (χ1) is 7.08. The molecule has 2 rings (SSSR count). The first-order valence-electron chi connectivity index (χ1n) is 5.53. The molecule has 2 aliphatic rings. The number of thioether (sulfide) groups is 1. The summed E-state index contributed by atoms with van der Waals surface area (Å²) in [7, 11) is 0. The molecule has 0 aromatic heterocycles. The Hall–Kier alpha value is -0.510. The molecule has 0 aromatic carbocycles. The Balaban J connectivity index is 0.000000531. The minimum atomic E-state index is 0.0294. The van der Waals surface area contributed by atoms with E-state index in [0.29, 0.717) is 0 Å². The van der Waals surface area contributed by atoms with E-state index in [9.17, 15) is 4.79 Å². The van der Waals surface area contributed by atoms with Crippen LogP contribution in [0.15, 0.2) is 4.99 Å². The topological polar surface area (TPSA) is 41.5 Å². The average Bonchev–Trinajstić information content (AvgIpc) is 2.61. The molecular weight excluding hydrogens is 208 g/mol. The maximum absolute atomic E-state index is 11.6. The van der Waals surface area contributed by atoms with E-state index in [1.165, 1.54) is 0 Å². The quantitative estimate of drug-likeness (QED) is 0.689. The second-order valence-electron chi connectivity index (χ2n) is 4.46. The lowest BCUT2D eigenvalue weighted by Crippen LogP contribution is -2.35. The van der Waals surface area contributed by atoms with Crippen molar-refractivity contribution < 1.29 is 4.79 Å². The summed E-state index contributed by atoms with van der Waals surface area (Å²) >= 11 is 1.54. The van der Waals surface area contributed by atoms with Crippen LogP contribution in [0.1, 0.15) is 34.1 Å². The van der Waals surface area contributed by atoms with Crippen LogP contribution < -0.4 is 5.32 Å². The van der Waals surface area contributed by atoms with Crippen LogP contribution in [0.4, 0.5) is 0 Å². The first kappa shape index (κ1) is 12.6. The van der Waals surface area contributed by atoms with E-state index in [2.05, 4.69) is 24.2 Å². The van der Waals surface area contributed by atoms with Crippen molar-refractivity contribution >= 4 is 23.2 Å². The predicted molar refractivity (Wildman–Crippen MR) is 66.4 cm³/mol. The monoisotopic (exact) mass is 228 g/mol. The van der Waals surface area contributed by atoms with Crippen molar-refractivity contribution in [3.8, 4) is 0 Å². The minimum absolute atomic E-state index is 0.0294. The highest BCUT2D eigenvalue weighted by Gasteiger charge is 2.39. The number of fused-ring (bicyclic) bond motifs is 1. The molecule has 2 aliphatic heterocycles. The number of amides is 1. The molecule has 1 amide bonds. The molecule has 0 bridgehead atoms. The van der Waals surface area contributed by atoms with E-state index in [1.807, 2.05) is 19.4 Å². The van der Waals surface area contributed by atoms with Gasteiger partial charge < -0.3 is 5.32 Å². The fourth-order valence-corrected chi connectivity index (χ4v) is 2.72. The summed E-state index contributed by atoms with van der Waals surface area (Å²) in [6.07, 6.45) is 1.000. The molecule has 3 nitrogen and oxygen atoms in total. The first-order valence-corrected chi connectivity index (χ1v) is 6.48. The third kappa shape index (κ3) is 2.97. The van der Waals surface area contributed by atoms with Crippen molar-refractivity contribution in [3.63, 3.8) is 0 Å². The number of rotatable bonds is 0. The largest absolute Gasteiger partial charge is 0.355 e. The summed E-state index contributed by atoms with van der Waals surface area (Å²) in [5.41, 5.74) is 1.99. The van der Waals surface area contributed by atoms with E-state index in [-0.39, 0.29) is 22.6 Å². The lowest BCUT2D eigenvalue weighted by atomic mass is 9.86. The summed E-state index contributed by atoms with van der Waals surface area (Å²) in [6, 6.07) is 0.197. The van der Waals surface area contributed by atoms with E-state index < -0.39 is 0 Å². The van der Waals surface area contributed by atoms with E-state index in [1.54, 1.807) is 11.8 Å². The molecule has 0 spiro atoms. The Kier molecular flexibility index (Phi) is 4.20. The third-order valence-corrected chi connectivity index (χ3v) is 3.64. The summed E-state index contributed by atoms with van der Waals surface area (Å²) in [6.45, 7) is 9.12. The van der Waals surface area contributed by atoms with Crippen molar-refractivity contribution in [3.05, 3.63) is 0 Å². The molecule has 2 unspecified atom stereocenters. The highest BCUT2D eigenvalue weighted by Crippen LogP contribution is 2.34. The summed E-state index contributed by atoms with van der Waals surface area (Å²) < 4.78 is 0. The number of carbonyl (C=O) groups excluding carboxylic acids is 1. The second-order valence-corrected chi connectivity index (χ2v) is 5.46. The molecule has 0 aliphatic carbocycles. The molecular formula is C11H20N2OS. The van der Waals surface area contributed by atoms with Crippen molar-refractivity contribution in [2.75, 3.05) is 6.54 Å². The van der Waals surface area contributed by atoms with E-state index >= 15 is 0 Å². The molecule has 2 heterocycles. The molecule has 1 N–H and O–H groups in total. The zero-order valence-electron chi connectivity index (χ0n) is 9.91. The molecule has 1 saturated heterocycles. The van der Waals surface area contributed by atoms with Gasteiger partial charge in [-0.2, -0.15) is 0 Å². The fourth-order valence-electron chi connectivity index (χ4n) is 1.81. The molecule has 0 saturated carbocycles. The van der Waals surface area contributed by atoms with Crippen molar-refractivity contribution in [2.24, 2.45) is 10.4 Å². The lowest BCUT2D eigenvalue weighted by molar-refractivity contribution is -0.120. The van der Waals surface area contributed by atoms with Gasteiger partial charge >= 0.3 is 0 Å². The minimum Gasteiger partial charge on any atom is -0.355 e. The van der Waals surface area contributed by atoms with Gasteiger partial charge in [0.2, 0.25) is 5.91 Å². The maximum Gasteiger partial charge on any atom is 0.235 e. The van der Waals surface area contributed by atoms with Gasteiger partial charge in [0.25, 0.3) is 0 Å². The standard InChI is InChI=1S/C9H14N2OS.C2H6/c1-9(2)3-6-7(13-5-11-6)8(12)10-4-9;1-2/h5-7H,3-4H2,1-2H3,(H,10,12);1-2H3. The number of nitrogens with zero attached hydrogens (tertiary/aromatic N) is 1. The van der Waals surface area contributed by atoms with Crippen LogP contribution in [0.2, 0.25) is 0 Å². The molecule has 0 aromatic rings. The normalized spacial score (nSPS) is 32.1. The van der Waals surface area contributed by atoms with Crippen LogP contribution in [0.3, 0.4) is 0 Å². The number of hydrogen-bond donors (Lipinski definition) is 1. The third-order valence-electron chi connectivity index (χ3n) is 2.57. The van der Waals surface area contributed by atoms with Crippen LogP contribution in [0.5, 0.6) is 0 Å². The van der Waals surface area contributed by atoms with Crippen LogP contribution in [0, 0.1) is 5.41 Å². The zero-order chi connectivity index (χ0) is 11.5. The molecule has 0 radical (unpaired) electrons. The Morgan fingerprint density at radius 1 is 1.53 bits per heavy atom. The second kappa shape index (κ2) is 5.01. The number of nitrogens with one attached hydrogen (secondary N) is 1. The molecule has 86 valence electrons. The Morgan fingerprint density at radius 2 is 2.20 bits per heavy atom. The Bertz CT molecular complexity index is 263. The SMILES string of the molecule is CC.CC1(C)CNC(=O)C2SC=NC2C1.